The molecule has 6 nitrogen and oxygen atoms in total. The molecule has 0 aliphatic carbocycles. The van der Waals surface area contributed by atoms with Crippen LogP contribution in [0.25, 0.3) is 0 Å². The summed E-state index contributed by atoms with van der Waals surface area (Å²) in [5, 5.41) is 0. The average molecular weight is 288 g/mol. The summed E-state index contributed by atoms with van der Waals surface area (Å²) in [6, 6.07) is 4.41. The van der Waals surface area contributed by atoms with Gasteiger partial charge in [-0.2, -0.15) is 0 Å². The van der Waals surface area contributed by atoms with Crippen molar-refractivity contribution < 1.29 is 17.9 Å². The Hall–Kier alpha value is -1.31. The molecule has 0 aliphatic rings. The second-order valence-corrected chi connectivity index (χ2v) is 5.66. The first-order valence-corrected chi connectivity index (χ1v) is 7.50. The van der Waals surface area contributed by atoms with Crippen LogP contribution in [0.3, 0.4) is 0 Å². The van der Waals surface area contributed by atoms with Gasteiger partial charge in [0.25, 0.3) is 0 Å². The van der Waals surface area contributed by atoms with E-state index < -0.39 is 10.0 Å². The smallest absolute Gasteiger partial charge is 0.240 e. The minimum atomic E-state index is -3.50. The number of nitrogens with one attached hydrogen (secondary N) is 1. The lowest BCUT2D eigenvalue weighted by Crippen LogP contribution is -2.23. The molecule has 0 unspecified atom stereocenters. The first-order chi connectivity index (χ1) is 9.01. The van der Waals surface area contributed by atoms with Gasteiger partial charge in [0.15, 0.2) is 0 Å². The number of ether oxygens (including phenoxy) is 2. The van der Waals surface area contributed by atoms with Gasteiger partial charge in [-0.05, 0) is 12.1 Å². The zero-order chi connectivity index (χ0) is 14.3. The minimum absolute atomic E-state index is 0.144. The van der Waals surface area contributed by atoms with Crippen LogP contribution in [0.2, 0.25) is 0 Å². The van der Waals surface area contributed by atoms with Gasteiger partial charge in [0.1, 0.15) is 5.75 Å². The third-order valence-electron chi connectivity index (χ3n) is 2.38. The van der Waals surface area contributed by atoms with Gasteiger partial charge < -0.3 is 15.2 Å². The predicted molar refractivity (Wildman–Crippen MR) is 73.7 cm³/mol. The largest absolute Gasteiger partial charge is 0.491 e. The molecule has 7 heteroatoms. The van der Waals surface area contributed by atoms with Crippen LogP contribution >= 0.6 is 0 Å². The molecule has 0 radical (unpaired) electrons. The Morgan fingerprint density at radius 2 is 2.05 bits per heavy atom. The van der Waals surface area contributed by atoms with Crippen molar-refractivity contribution in [2.45, 2.75) is 18.2 Å². The summed E-state index contributed by atoms with van der Waals surface area (Å²) in [6.45, 7) is 3.05. The Morgan fingerprint density at radius 3 is 2.68 bits per heavy atom. The van der Waals surface area contributed by atoms with E-state index in [0.29, 0.717) is 37.6 Å². The maximum absolute atomic E-state index is 11.8. The van der Waals surface area contributed by atoms with Crippen LogP contribution in [-0.4, -0.2) is 35.3 Å². The number of anilines is 1. The van der Waals surface area contributed by atoms with Crippen molar-refractivity contribution in [3.63, 3.8) is 0 Å². The summed E-state index contributed by atoms with van der Waals surface area (Å²) in [7, 11) is -1.89. The topological polar surface area (TPSA) is 90.7 Å². The summed E-state index contributed by atoms with van der Waals surface area (Å²) in [4.78, 5) is 0.144. The van der Waals surface area contributed by atoms with Gasteiger partial charge in [0, 0.05) is 32.7 Å². The molecule has 0 heterocycles. The first kappa shape index (κ1) is 15.7. The number of rotatable bonds is 8. The summed E-state index contributed by atoms with van der Waals surface area (Å²) in [6.07, 6.45) is 0.708. The molecule has 0 spiro atoms. The molecule has 1 aromatic rings. The number of hydrogen-bond donors (Lipinski definition) is 2. The highest BCUT2D eigenvalue weighted by atomic mass is 32.2. The molecule has 0 aliphatic heterocycles. The quantitative estimate of drug-likeness (QED) is 0.550. The molecular formula is C12H20N2O4S. The molecule has 0 bridgehead atoms. The molecular weight excluding hydrogens is 268 g/mol. The molecule has 0 saturated heterocycles. The Labute approximate surface area is 113 Å². The third-order valence-corrected chi connectivity index (χ3v) is 3.92. The fourth-order valence-corrected chi connectivity index (χ4v) is 2.52. The van der Waals surface area contributed by atoms with Gasteiger partial charge in [-0.3, -0.25) is 0 Å². The van der Waals surface area contributed by atoms with Gasteiger partial charge in [-0.1, -0.05) is 6.92 Å². The fourth-order valence-electron chi connectivity index (χ4n) is 1.47. The second-order valence-electron chi connectivity index (χ2n) is 3.90. The zero-order valence-electron chi connectivity index (χ0n) is 11.2. The van der Waals surface area contributed by atoms with Crippen molar-refractivity contribution in [3.8, 4) is 5.75 Å². The molecule has 3 N–H and O–H groups in total. The van der Waals surface area contributed by atoms with Crippen LogP contribution in [0.1, 0.15) is 13.3 Å². The van der Waals surface area contributed by atoms with E-state index in [0.717, 1.165) is 0 Å². The lowest BCUT2D eigenvalue weighted by Gasteiger charge is -2.11. The summed E-state index contributed by atoms with van der Waals surface area (Å²) >= 11 is 0. The van der Waals surface area contributed by atoms with Gasteiger partial charge in [0.2, 0.25) is 10.0 Å². The summed E-state index contributed by atoms with van der Waals surface area (Å²) < 4.78 is 36.5. The maximum Gasteiger partial charge on any atom is 0.240 e. The number of benzene rings is 1. The summed E-state index contributed by atoms with van der Waals surface area (Å²) in [5.74, 6) is 0.370. The number of methoxy groups -OCH3 is 1. The summed E-state index contributed by atoms with van der Waals surface area (Å²) in [5.41, 5.74) is 6.16. The van der Waals surface area contributed by atoms with Crippen LogP contribution < -0.4 is 15.2 Å². The van der Waals surface area contributed by atoms with Gasteiger partial charge in [-0.25, -0.2) is 13.1 Å². The molecule has 0 saturated carbocycles. The Morgan fingerprint density at radius 1 is 1.32 bits per heavy atom. The van der Waals surface area contributed by atoms with E-state index in [1.54, 1.807) is 14.0 Å². The average Bonchev–Trinajstić information content (AvgIpc) is 2.36. The molecule has 1 rings (SSSR count). The molecule has 108 valence electrons. The van der Waals surface area contributed by atoms with E-state index in [9.17, 15) is 8.42 Å². The molecule has 19 heavy (non-hydrogen) atoms. The zero-order valence-corrected chi connectivity index (χ0v) is 12.0. The lowest BCUT2D eigenvalue weighted by molar-refractivity contribution is 0.172. The van der Waals surface area contributed by atoms with E-state index in [2.05, 4.69) is 4.72 Å². The number of nitrogens with two attached hydrogens (primary N) is 1. The van der Waals surface area contributed by atoms with E-state index in [4.69, 9.17) is 15.2 Å². The van der Waals surface area contributed by atoms with Crippen molar-refractivity contribution in [2.24, 2.45) is 0 Å². The van der Waals surface area contributed by atoms with Crippen LogP contribution in [0.5, 0.6) is 5.75 Å². The lowest BCUT2D eigenvalue weighted by atomic mass is 10.3. The van der Waals surface area contributed by atoms with Crippen LogP contribution in [-0.2, 0) is 14.8 Å². The van der Waals surface area contributed by atoms with Crippen molar-refractivity contribution in [3.05, 3.63) is 18.2 Å². The molecule has 0 amide bonds. The maximum atomic E-state index is 11.8. The Balaban J connectivity index is 2.82. The number of nitrogen functional groups attached to an aromatic ring is 1. The van der Waals surface area contributed by atoms with Crippen molar-refractivity contribution in [1.82, 2.24) is 4.72 Å². The van der Waals surface area contributed by atoms with Crippen molar-refractivity contribution >= 4 is 15.7 Å². The normalized spacial score (nSPS) is 11.5. The van der Waals surface area contributed by atoms with Crippen molar-refractivity contribution in [1.29, 1.82) is 0 Å². The Kier molecular flexibility index (Phi) is 6.07. The van der Waals surface area contributed by atoms with Crippen LogP contribution in [0.4, 0.5) is 5.69 Å². The van der Waals surface area contributed by atoms with Crippen LogP contribution in [0.15, 0.2) is 23.1 Å². The minimum Gasteiger partial charge on any atom is -0.491 e. The molecule has 1 aromatic carbocycles. The predicted octanol–water partition coefficient (Wildman–Crippen LogP) is 0.982. The van der Waals surface area contributed by atoms with Crippen molar-refractivity contribution in [2.75, 3.05) is 32.6 Å². The monoisotopic (exact) mass is 288 g/mol. The number of sulfonamides is 1. The van der Waals surface area contributed by atoms with E-state index in [1.165, 1.54) is 18.2 Å². The van der Waals surface area contributed by atoms with E-state index in [1.807, 2.05) is 0 Å². The van der Waals surface area contributed by atoms with Gasteiger partial charge >= 0.3 is 0 Å². The second kappa shape index (κ2) is 7.32. The standard InChI is InChI=1S/C12H20N2O4S/c1-3-14-19(15,16)10-5-6-11(13)12(9-10)18-8-4-7-17-2/h5-6,9,14H,3-4,7-8,13H2,1-2H3. The van der Waals surface area contributed by atoms with Gasteiger partial charge in [-0.15, -0.1) is 0 Å². The highest BCUT2D eigenvalue weighted by Gasteiger charge is 2.14. The third kappa shape index (κ3) is 4.70. The Bertz CT molecular complexity index is 502. The van der Waals surface area contributed by atoms with Crippen LogP contribution in [0, 0.1) is 0 Å². The molecule has 0 atom stereocenters. The van der Waals surface area contributed by atoms with Gasteiger partial charge in [0.05, 0.1) is 17.2 Å². The number of hydrogen-bond acceptors (Lipinski definition) is 5. The highest BCUT2D eigenvalue weighted by molar-refractivity contribution is 7.89. The first-order valence-electron chi connectivity index (χ1n) is 6.02. The molecule has 0 fully saturated rings. The van der Waals surface area contributed by atoms with E-state index in [-0.39, 0.29) is 4.90 Å². The molecule has 0 aromatic heterocycles. The highest BCUT2D eigenvalue weighted by Crippen LogP contribution is 2.25. The fraction of sp³-hybridized carbons (Fsp3) is 0.500. The SMILES string of the molecule is CCNS(=O)(=O)c1ccc(N)c(OCCCOC)c1. The van der Waals surface area contributed by atoms with E-state index >= 15 is 0 Å².